The summed E-state index contributed by atoms with van der Waals surface area (Å²) in [5, 5.41) is 13.6. The summed E-state index contributed by atoms with van der Waals surface area (Å²) >= 11 is 0. The van der Waals surface area contributed by atoms with Crippen LogP contribution >= 0.6 is 0 Å². The molecule has 1 N–H and O–H groups in total. The van der Waals surface area contributed by atoms with Crippen molar-refractivity contribution in [3.63, 3.8) is 0 Å². The molecule has 1 saturated carbocycles. The Kier molecular flexibility index (Phi) is 4.54. The molecule has 162 valence electrons. The molecule has 32 heavy (non-hydrogen) atoms. The van der Waals surface area contributed by atoms with Crippen LogP contribution in [0.15, 0.2) is 54.6 Å². The van der Waals surface area contributed by atoms with Gasteiger partial charge in [0.05, 0.1) is 35.2 Å². The molecule has 1 heterocycles. The van der Waals surface area contributed by atoms with E-state index in [0.29, 0.717) is 5.69 Å². The molecule has 2 fully saturated rings. The molecule has 2 bridgehead atoms. The van der Waals surface area contributed by atoms with Crippen molar-refractivity contribution in [3.8, 4) is 5.75 Å². The summed E-state index contributed by atoms with van der Waals surface area (Å²) in [6, 6.07) is 10.0. The van der Waals surface area contributed by atoms with Gasteiger partial charge in [0, 0.05) is 17.7 Å². The summed E-state index contributed by atoms with van der Waals surface area (Å²) in [6.45, 7) is 0. The lowest BCUT2D eigenvalue weighted by atomic mass is 9.85. The van der Waals surface area contributed by atoms with Gasteiger partial charge in [-0.05, 0) is 48.6 Å². The van der Waals surface area contributed by atoms with Crippen LogP contribution < -0.4 is 15.0 Å². The highest BCUT2D eigenvalue weighted by Crippen LogP contribution is 2.53. The summed E-state index contributed by atoms with van der Waals surface area (Å²) in [5.41, 5.74) is 0.676. The van der Waals surface area contributed by atoms with Gasteiger partial charge in [0.15, 0.2) is 0 Å². The number of carbonyl (C=O) groups is 3. The van der Waals surface area contributed by atoms with Crippen LogP contribution in [0.4, 0.5) is 17.1 Å². The largest absolute Gasteiger partial charge is 0.495 e. The van der Waals surface area contributed by atoms with Gasteiger partial charge in [-0.2, -0.15) is 0 Å². The van der Waals surface area contributed by atoms with Gasteiger partial charge in [0.2, 0.25) is 11.8 Å². The Labute approximate surface area is 182 Å². The van der Waals surface area contributed by atoms with Gasteiger partial charge in [0.1, 0.15) is 5.75 Å². The number of ether oxygens (including phenoxy) is 1. The number of anilines is 2. The molecular formula is C23H19N3O6. The van der Waals surface area contributed by atoms with E-state index in [1.54, 1.807) is 12.1 Å². The molecule has 0 aromatic heterocycles. The molecule has 3 aliphatic rings. The molecule has 3 amide bonds. The van der Waals surface area contributed by atoms with Crippen molar-refractivity contribution >= 4 is 34.8 Å². The Morgan fingerprint density at radius 3 is 2.25 bits per heavy atom. The van der Waals surface area contributed by atoms with Crippen LogP contribution in [0.3, 0.4) is 0 Å². The summed E-state index contributed by atoms with van der Waals surface area (Å²) < 4.78 is 5.16. The van der Waals surface area contributed by atoms with Crippen molar-refractivity contribution in [2.24, 2.45) is 23.7 Å². The number of hydrogen-bond donors (Lipinski definition) is 1. The fraction of sp³-hybridized carbons (Fsp3) is 0.261. The molecular weight excluding hydrogens is 414 g/mol. The van der Waals surface area contributed by atoms with E-state index in [1.165, 1.54) is 42.3 Å². The van der Waals surface area contributed by atoms with Gasteiger partial charge in [-0.15, -0.1) is 0 Å². The first-order valence-electron chi connectivity index (χ1n) is 10.2. The molecule has 1 saturated heterocycles. The number of benzene rings is 2. The van der Waals surface area contributed by atoms with E-state index < -0.39 is 10.8 Å². The van der Waals surface area contributed by atoms with Crippen molar-refractivity contribution in [2.45, 2.75) is 6.42 Å². The summed E-state index contributed by atoms with van der Waals surface area (Å²) in [5.74, 6) is -0.922. The van der Waals surface area contributed by atoms with Crippen LogP contribution in [0.5, 0.6) is 5.75 Å². The molecule has 9 heteroatoms. The molecule has 9 nitrogen and oxygen atoms in total. The quantitative estimate of drug-likeness (QED) is 0.335. The first kappa shape index (κ1) is 19.9. The third-order valence-corrected chi connectivity index (χ3v) is 6.50. The molecule has 1 aliphatic heterocycles. The predicted octanol–water partition coefficient (Wildman–Crippen LogP) is 3.17. The number of nitro benzene ring substituents is 1. The third-order valence-electron chi connectivity index (χ3n) is 6.50. The first-order chi connectivity index (χ1) is 15.4. The van der Waals surface area contributed by atoms with E-state index >= 15 is 0 Å². The topological polar surface area (TPSA) is 119 Å². The third kappa shape index (κ3) is 2.96. The maximum atomic E-state index is 12.9. The maximum Gasteiger partial charge on any atom is 0.271 e. The van der Waals surface area contributed by atoms with Gasteiger partial charge in [-0.25, -0.2) is 0 Å². The number of nitro groups is 1. The number of fused-ring (bicyclic) bond motifs is 5. The van der Waals surface area contributed by atoms with Crippen LogP contribution in [0.2, 0.25) is 0 Å². The van der Waals surface area contributed by atoms with Crippen LogP contribution in [0, 0.1) is 33.8 Å². The number of allylic oxidation sites excluding steroid dienone is 2. The van der Waals surface area contributed by atoms with E-state index in [0.717, 1.165) is 6.42 Å². The van der Waals surface area contributed by atoms with Crippen molar-refractivity contribution < 1.29 is 24.0 Å². The number of carbonyl (C=O) groups excluding carboxylic acids is 3. The highest BCUT2D eigenvalue weighted by atomic mass is 16.6. The van der Waals surface area contributed by atoms with E-state index in [2.05, 4.69) is 5.32 Å². The second-order valence-corrected chi connectivity index (χ2v) is 8.15. The summed E-state index contributed by atoms with van der Waals surface area (Å²) in [6.07, 6.45) is 4.94. The number of non-ortho nitro benzene ring substituents is 1. The minimum Gasteiger partial charge on any atom is -0.495 e. The van der Waals surface area contributed by atoms with E-state index in [4.69, 9.17) is 4.74 Å². The van der Waals surface area contributed by atoms with Crippen molar-refractivity contribution in [2.75, 3.05) is 17.3 Å². The Balaban J connectivity index is 1.35. The number of rotatable bonds is 5. The highest BCUT2D eigenvalue weighted by molar-refractivity contribution is 6.23. The minimum absolute atomic E-state index is 0.126. The lowest BCUT2D eigenvalue weighted by Crippen LogP contribution is -2.32. The zero-order chi connectivity index (χ0) is 22.6. The smallest absolute Gasteiger partial charge is 0.271 e. The summed E-state index contributed by atoms with van der Waals surface area (Å²) in [4.78, 5) is 50.2. The fourth-order valence-electron chi connectivity index (χ4n) is 5.02. The van der Waals surface area contributed by atoms with Gasteiger partial charge < -0.3 is 10.1 Å². The number of hydrogen-bond acceptors (Lipinski definition) is 6. The molecule has 0 unspecified atom stereocenters. The first-order valence-corrected chi connectivity index (χ1v) is 10.2. The van der Waals surface area contributed by atoms with Crippen LogP contribution in [-0.4, -0.2) is 29.8 Å². The normalized spacial score (nSPS) is 25.2. The van der Waals surface area contributed by atoms with Crippen LogP contribution in [-0.2, 0) is 9.59 Å². The van der Waals surface area contributed by atoms with Crippen molar-refractivity contribution in [1.29, 1.82) is 0 Å². The Bertz CT molecular complexity index is 1160. The number of nitrogens with one attached hydrogen (secondary N) is 1. The van der Waals surface area contributed by atoms with Crippen molar-refractivity contribution in [1.82, 2.24) is 0 Å². The molecule has 2 aromatic carbocycles. The van der Waals surface area contributed by atoms with Crippen LogP contribution in [0.25, 0.3) is 0 Å². The Morgan fingerprint density at radius 1 is 1.06 bits per heavy atom. The lowest BCUT2D eigenvalue weighted by Gasteiger charge is -2.17. The second kappa shape index (κ2) is 7.30. The molecule has 0 radical (unpaired) electrons. The average Bonchev–Trinajstić information content (AvgIpc) is 3.47. The van der Waals surface area contributed by atoms with Gasteiger partial charge in [-0.1, -0.05) is 12.2 Å². The minimum atomic E-state index is -0.564. The van der Waals surface area contributed by atoms with Gasteiger partial charge in [0.25, 0.3) is 11.6 Å². The fourth-order valence-corrected chi connectivity index (χ4v) is 5.02. The number of imide groups is 1. The zero-order valence-corrected chi connectivity index (χ0v) is 17.1. The van der Waals surface area contributed by atoms with Crippen molar-refractivity contribution in [3.05, 3.63) is 70.3 Å². The Hall–Kier alpha value is -4.01. The standard InChI is InChI=1S/C23H19N3O6/c1-32-18-9-8-16(26(30)31)11-17(18)24-21(27)12-4-6-15(7-5-12)25-22(28)19-13-2-3-14(10-13)20(19)23(25)29/h2-9,11,13-14,19-20H,10H2,1H3,(H,24,27)/t13-,14+,19-,20-/m0/s1. The number of amides is 3. The maximum absolute atomic E-state index is 12.9. The average molecular weight is 433 g/mol. The van der Waals surface area contributed by atoms with E-state index in [-0.39, 0.29) is 58.2 Å². The molecule has 2 aliphatic carbocycles. The summed E-state index contributed by atoms with van der Waals surface area (Å²) in [7, 11) is 1.40. The SMILES string of the molecule is COc1ccc([N+](=O)[O-])cc1NC(=O)c1ccc(N2C(=O)[C@@H]3[C@@H](C2=O)[C@H]2C=C[C@@H]3C2)cc1. The predicted molar refractivity (Wildman–Crippen MR) is 114 cm³/mol. The molecule has 5 rings (SSSR count). The number of methoxy groups -OCH3 is 1. The molecule has 0 spiro atoms. The zero-order valence-electron chi connectivity index (χ0n) is 17.1. The van der Waals surface area contributed by atoms with E-state index in [9.17, 15) is 24.5 Å². The highest BCUT2D eigenvalue weighted by Gasteiger charge is 2.59. The Morgan fingerprint density at radius 2 is 1.69 bits per heavy atom. The second-order valence-electron chi connectivity index (χ2n) is 8.15. The van der Waals surface area contributed by atoms with Crippen LogP contribution in [0.1, 0.15) is 16.8 Å². The molecule has 2 aromatic rings. The number of nitrogens with zero attached hydrogens (tertiary/aromatic N) is 2. The molecule has 4 atom stereocenters. The van der Waals surface area contributed by atoms with Gasteiger partial charge in [-0.3, -0.25) is 29.4 Å². The monoisotopic (exact) mass is 433 g/mol. The van der Waals surface area contributed by atoms with Gasteiger partial charge >= 0.3 is 0 Å². The lowest BCUT2D eigenvalue weighted by molar-refractivity contribution is -0.384. The van der Waals surface area contributed by atoms with E-state index in [1.807, 2.05) is 12.2 Å².